The highest BCUT2D eigenvalue weighted by Gasteiger charge is 2.25. The fraction of sp³-hybridized carbons (Fsp3) is 0.667. The van der Waals surface area contributed by atoms with E-state index in [-0.39, 0.29) is 0 Å². The van der Waals surface area contributed by atoms with Crippen LogP contribution in [0.5, 0.6) is 0 Å². The molecule has 1 fully saturated rings. The molecule has 1 saturated carbocycles. The summed E-state index contributed by atoms with van der Waals surface area (Å²) in [5.41, 5.74) is 2.42. The van der Waals surface area contributed by atoms with Crippen molar-refractivity contribution in [2.75, 3.05) is 19.0 Å². The number of nitrogens with zero attached hydrogens (tertiary/aromatic N) is 2. The van der Waals surface area contributed by atoms with Gasteiger partial charge in [-0.25, -0.2) is 0 Å². The Morgan fingerprint density at radius 1 is 1.39 bits per heavy atom. The summed E-state index contributed by atoms with van der Waals surface area (Å²) in [6.07, 6.45) is 7.37. The van der Waals surface area contributed by atoms with Gasteiger partial charge in [0.15, 0.2) is 0 Å². The molecule has 2 rings (SSSR count). The Bertz CT molecular complexity index is 378. The van der Waals surface area contributed by atoms with E-state index in [9.17, 15) is 0 Å². The van der Waals surface area contributed by atoms with Gasteiger partial charge in [-0.1, -0.05) is 19.8 Å². The van der Waals surface area contributed by atoms with E-state index in [1.165, 1.54) is 31.4 Å². The summed E-state index contributed by atoms with van der Waals surface area (Å²) < 4.78 is 0. The van der Waals surface area contributed by atoms with Gasteiger partial charge in [-0.05, 0) is 37.9 Å². The van der Waals surface area contributed by atoms with E-state index in [2.05, 4.69) is 41.3 Å². The quantitative estimate of drug-likeness (QED) is 0.887. The number of rotatable bonds is 4. The fourth-order valence-electron chi connectivity index (χ4n) is 3.03. The maximum atomic E-state index is 4.39. The molecule has 3 nitrogen and oxygen atoms in total. The van der Waals surface area contributed by atoms with Crippen LogP contribution in [0.15, 0.2) is 18.3 Å². The summed E-state index contributed by atoms with van der Waals surface area (Å²) in [5, 5.41) is 3.16. The van der Waals surface area contributed by atoms with E-state index in [0.717, 1.165) is 18.2 Å². The minimum Gasteiger partial charge on any atom is -0.371 e. The van der Waals surface area contributed by atoms with Gasteiger partial charge in [-0.2, -0.15) is 0 Å². The Hall–Kier alpha value is -1.09. The largest absolute Gasteiger partial charge is 0.371 e. The highest BCUT2D eigenvalue weighted by molar-refractivity contribution is 5.47. The van der Waals surface area contributed by atoms with E-state index >= 15 is 0 Å². The smallest absolute Gasteiger partial charge is 0.0562 e. The lowest BCUT2D eigenvalue weighted by Crippen LogP contribution is -2.39. The molecule has 1 aliphatic rings. The average molecular weight is 247 g/mol. The first-order valence-corrected chi connectivity index (χ1v) is 7.04. The Morgan fingerprint density at radius 2 is 2.17 bits per heavy atom. The summed E-state index contributed by atoms with van der Waals surface area (Å²) in [5.74, 6) is 0.796. The highest BCUT2D eigenvalue weighted by Crippen LogP contribution is 2.30. The zero-order chi connectivity index (χ0) is 13.0. The maximum Gasteiger partial charge on any atom is 0.0562 e. The zero-order valence-electron chi connectivity index (χ0n) is 11.8. The molecule has 1 aromatic rings. The van der Waals surface area contributed by atoms with Crippen LogP contribution < -0.4 is 10.2 Å². The number of hydrogen-bond donors (Lipinski definition) is 1. The van der Waals surface area contributed by atoms with Crippen LogP contribution in [0.3, 0.4) is 0 Å². The Morgan fingerprint density at radius 3 is 2.89 bits per heavy atom. The van der Waals surface area contributed by atoms with Crippen LogP contribution in [0.1, 0.15) is 38.3 Å². The van der Waals surface area contributed by atoms with Crippen LogP contribution in [0.4, 0.5) is 5.69 Å². The fourth-order valence-corrected chi connectivity index (χ4v) is 3.03. The predicted molar refractivity (Wildman–Crippen MR) is 76.8 cm³/mol. The number of anilines is 1. The van der Waals surface area contributed by atoms with Gasteiger partial charge in [-0.15, -0.1) is 0 Å². The molecule has 0 radical (unpaired) electrons. The van der Waals surface area contributed by atoms with Crippen molar-refractivity contribution in [1.82, 2.24) is 10.3 Å². The van der Waals surface area contributed by atoms with Crippen molar-refractivity contribution in [3.05, 3.63) is 24.0 Å². The van der Waals surface area contributed by atoms with Crippen molar-refractivity contribution in [2.45, 2.75) is 45.2 Å². The van der Waals surface area contributed by atoms with Crippen LogP contribution in [0.2, 0.25) is 0 Å². The zero-order valence-corrected chi connectivity index (χ0v) is 11.8. The van der Waals surface area contributed by atoms with Crippen molar-refractivity contribution in [3.63, 3.8) is 0 Å². The summed E-state index contributed by atoms with van der Waals surface area (Å²) >= 11 is 0. The number of aromatic nitrogens is 1. The molecule has 18 heavy (non-hydrogen) atoms. The summed E-state index contributed by atoms with van der Waals surface area (Å²) in [4.78, 5) is 6.84. The second-order valence-electron chi connectivity index (χ2n) is 5.48. The predicted octanol–water partition coefficient (Wildman–Crippen LogP) is 2.82. The van der Waals surface area contributed by atoms with Gasteiger partial charge in [0, 0.05) is 31.5 Å². The van der Waals surface area contributed by atoms with Crippen molar-refractivity contribution in [2.24, 2.45) is 5.92 Å². The monoisotopic (exact) mass is 247 g/mol. The minimum atomic E-state index is 0.684. The minimum absolute atomic E-state index is 0.684. The molecule has 2 unspecified atom stereocenters. The summed E-state index contributed by atoms with van der Waals surface area (Å²) in [6, 6.07) is 5.02. The average Bonchev–Trinajstić information content (AvgIpc) is 2.39. The second kappa shape index (κ2) is 6.19. The third-order valence-corrected chi connectivity index (χ3v) is 4.13. The van der Waals surface area contributed by atoms with E-state index in [1.807, 2.05) is 13.2 Å². The van der Waals surface area contributed by atoms with Crippen molar-refractivity contribution in [3.8, 4) is 0 Å². The second-order valence-corrected chi connectivity index (χ2v) is 5.48. The third-order valence-electron chi connectivity index (χ3n) is 4.13. The molecule has 0 amide bonds. The molecule has 1 heterocycles. The number of hydrogen-bond acceptors (Lipinski definition) is 3. The lowest BCUT2D eigenvalue weighted by Gasteiger charge is -2.37. The van der Waals surface area contributed by atoms with Crippen molar-refractivity contribution < 1.29 is 0 Å². The molecule has 1 aliphatic carbocycles. The highest BCUT2D eigenvalue weighted by atomic mass is 15.1. The van der Waals surface area contributed by atoms with Crippen LogP contribution in [-0.2, 0) is 6.54 Å². The number of pyridine rings is 1. The molecule has 2 atom stereocenters. The summed E-state index contributed by atoms with van der Waals surface area (Å²) in [6.45, 7) is 3.22. The maximum absolute atomic E-state index is 4.39. The van der Waals surface area contributed by atoms with E-state index in [4.69, 9.17) is 0 Å². The first-order chi connectivity index (χ1) is 8.72. The van der Waals surface area contributed by atoms with Gasteiger partial charge in [0.1, 0.15) is 0 Å². The van der Waals surface area contributed by atoms with Crippen molar-refractivity contribution >= 4 is 5.69 Å². The topological polar surface area (TPSA) is 28.2 Å². The van der Waals surface area contributed by atoms with Gasteiger partial charge in [0.05, 0.1) is 5.69 Å². The first-order valence-electron chi connectivity index (χ1n) is 7.04. The summed E-state index contributed by atoms with van der Waals surface area (Å²) in [7, 11) is 4.19. The van der Waals surface area contributed by atoms with Crippen LogP contribution in [0, 0.1) is 5.92 Å². The van der Waals surface area contributed by atoms with E-state index < -0.39 is 0 Å². The van der Waals surface area contributed by atoms with Crippen LogP contribution in [0.25, 0.3) is 0 Å². The van der Waals surface area contributed by atoms with Crippen molar-refractivity contribution in [1.29, 1.82) is 0 Å². The molecule has 0 saturated heterocycles. The molecular weight excluding hydrogens is 222 g/mol. The molecule has 1 aromatic heterocycles. The van der Waals surface area contributed by atoms with Gasteiger partial charge >= 0.3 is 0 Å². The molecule has 0 bridgehead atoms. The normalized spacial score (nSPS) is 23.9. The molecular formula is C15H25N3. The van der Waals surface area contributed by atoms with Gasteiger partial charge in [-0.3, -0.25) is 4.98 Å². The van der Waals surface area contributed by atoms with E-state index in [0.29, 0.717) is 6.04 Å². The lowest BCUT2D eigenvalue weighted by molar-refractivity contribution is 0.321. The van der Waals surface area contributed by atoms with Gasteiger partial charge in [0.2, 0.25) is 0 Å². The Balaban J connectivity index is 2.11. The molecule has 0 spiro atoms. The van der Waals surface area contributed by atoms with Gasteiger partial charge in [0.25, 0.3) is 0 Å². The Kier molecular flexibility index (Phi) is 4.59. The van der Waals surface area contributed by atoms with Crippen LogP contribution >= 0.6 is 0 Å². The molecule has 3 heteroatoms. The number of nitrogens with one attached hydrogen (secondary N) is 1. The standard InChI is InChI=1S/C15H25N3/c1-12-6-4-5-7-15(12)18(3)14-8-9-17-13(10-14)11-16-2/h8-10,12,15-16H,4-7,11H2,1-3H3. The molecule has 0 aliphatic heterocycles. The first kappa shape index (κ1) is 13.3. The third kappa shape index (κ3) is 3.02. The SMILES string of the molecule is CNCc1cc(N(C)C2CCCCC2C)ccn1. The van der Waals surface area contributed by atoms with Gasteiger partial charge < -0.3 is 10.2 Å². The Labute approximate surface area is 111 Å². The van der Waals surface area contributed by atoms with Crippen LogP contribution in [-0.4, -0.2) is 25.1 Å². The molecule has 1 N–H and O–H groups in total. The van der Waals surface area contributed by atoms with E-state index in [1.54, 1.807) is 0 Å². The molecule has 0 aromatic carbocycles. The lowest BCUT2D eigenvalue weighted by atomic mass is 9.85. The molecule has 100 valence electrons.